The second-order valence-electron chi connectivity index (χ2n) is 4.93. The predicted molar refractivity (Wildman–Crippen MR) is 82.5 cm³/mol. The summed E-state index contributed by atoms with van der Waals surface area (Å²) < 4.78 is 9.99. The van der Waals surface area contributed by atoms with Gasteiger partial charge in [0.2, 0.25) is 0 Å². The second kappa shape index (κ2) is 9.55. The maximum absolute atomic E-state index is 11.9. The van der Waals surface area contributed by atoms with Crippen molar-refractivity contribution in [2.45, 2.75) is 46.3 Å². The van der Waals surface area contributed by atoms with Gasteiger partial charge in [-0.05, 0) is 25.0 Å². The minimum atomic E-state index is -0.466. The zero-order valence-electron chi connectivity index (χ0n) is 13.6. The number of aromatic nitrogens is 1. The number of esters is 2. The van der Waals surface area contributed by atoms with Crippen molar-refractivity contribution in [2.24, 2.45) is 0 Å². The van der Waals surface area contributed by atoms with Gasteiger partial charge in [-0.2, -0.15) is 0 Å². The van der Waals surface area contributed by atoms with Gasteiger partial charge in [-0.1, -0.05) is 13.8 Å². The normalized spacial score (nSPS) is 10.3. The third-order valence-electron chi connectivity index (χ3n) is 3.11. The highest BCUT2D eigenvalue weighted by Crippen LogP contribution is 2.04. The summed E-state index contributed by atoms with van der Waals surface area (Å²) in [6, 6.07) is 3.13. The van der Waals surface area contributed by atoms with Gasteiger partial charge in [0.1, 0.15) is 19.3 Å². The van der Waals surface area contributed by atoms with Crippen molar-refractivity contribution in [1.29, 1.82) is 0 Å². The van der Waals surface area contributed by atoms with E-state index in [0.29, 0.717) is 11.3 Å². The summed E-state index contributed by atoms with van der Waals surface area (Å²) in [6.07, 6.45) is 2.72. The van der Waals surface area contributed by atoms with Crippen LogP contribution in [0.5, 0.6) is 0 Å². The molecule has 0 aromatic carbocycles. The zero-order chi connectivity index (χ0) is 17.2. The summed E-state index contributed by atoms with van der Waals surface area (Å²) >= 11 is 0. The fourth-order valence-electron chi connectivity index (χ4n) is 1.76. The zero-order valence-corrected chi connectivity index (χ0v) is 13.6. The van der Waals surface area contributed by atoms with E-state index in [0.717, 1.165) is 12.8 Å². The van der Waals surface area contributed by atoms with Crippen molar-refractivity contribution in [1.82, 2.24) is 10.3 Å². The van der Waals surface area contributed by atoms with E-state index in [1.165, 1.54) is 13.1 Å². The minimum Gasteiger partial charge on any atom is -0.461 e. The lowest BCUT2D eigenvalue weighted by atomic mass is 10.2. The molecule has 0 aliphatic heterocycles. The third-order valence-corrected chi connectivity index (χ3v) is 3.11. The van der Waals surface area contributed by atoms with E-state index in [1.54, 1.807) is 12.1 Å². The molecule has 1 heterocycles. The molecule has 0 bridgehead atoms. The van der Waals surface area contributed by atoms with E-state index in [4.69, 9.17) is 9.47 Å². The van der Waals surface area contributed by atoms with Gasteiger partial charge in [-0.3, -0.25) is 19.4 Å². The average Bonchev–Trinajstić information content (AvgIpc) is 2.56. The lowest BCUT2D eigenvalue weighted by Crippen LogP contribution is -2.32. The Labute approximate surface area is 135 Å². The number of hydrogen-bond acceptors (Lipinski definition) is 6. The van der Waals surface area contributed by atoms with Gasteiger partial charge in [0.15, 0.2) is 0 Å². The smallest absolute Gasteiger partial charge is 0.325 e. The van der Waals surface area contributed by atoms with Crippen LogP contribution in [-0.4, -0.2) is 35.5 Å². The van der Waals surface area contributed by atoms with E-state index in [9.17, 15) is 14.4 Å². The van der Waals surface area contributed by atoms with Gasteiger partial charge in [0, 0.05) is 13.1 Å². The van der Waals surface area contributed by atoms with Gasteiger partial charge < -0.3 is 14.8 Å². The molecule has 0 fully saturated rings. The van der Waals surface area contributed by atoms with Gasteiger partial charge in [-0.15, -0.1) is 0 Å². The molecule has 126 valence electrons. The molecular formula is C16H22N2O5. The monoisotopic (exact) mass is 322 g/mol. The molecule has 7 nitrogen and oxygen atoms in total. The first-order valence-electron chi connectivity index (χ1n) is 7.52. The fraction of sp³-hybridized carbons (Fsp3) is 0.500. The van der Waals surface area contributed by atoms with E-state index in [1.807, 2.05) is 13.8 Å². The van der Waals surface area contributed by atoms with Crippen molar-refractivity contribution < 1.29 is 23.9 Å². The predicted octanol–water partition coefficient (Wildman–Crippen LogP) is 1.61. The Kier molecular flexibility index (Phi) is 7.73. The van der Waals surface area contributed by atoms with Crippen molar-refractivity contribution in [3.8, 4) is 0 Å². The second-order valence-corrected chi connectivity index (χ2v) is 4.93. The van der Waals surface area contributed by atoms with E-state index < -0.39 is 17.8 Å². The summed E-state index contributed by atoms with van der Waals surface area (Å²) in [5.41, 5.74) is 0.844. The van der Waals surface area contributed by atoms with Crippen molar-refractivity contribution in [3.05, 3.63) is 29.6 Å². The first-order chi connectivity index (χ1) is 11.0. The maximum atomic E-state index is 11.9. The van der Waals surface area contributed by atoms with E-state index in [2.05, 4.69) is 10.3 Å². The number of ether oxygens (including phenoxy) is 2. The number of amides is 1. The largest absolute Gasteiger partial charge is 0.461 e. The Hall–Kier alpha value is -2.44. The molecular weight excluding hydrogens is 300 g/mol. The number of hydrogen-bond donors (Lipinski definition) is 1. The topological polar surface area (TPSA) is 94.6 Å². The average molecular weight is 322 g/mol. The van der Waals surface area contributed by atoms with Crippen LogP contribution in [0.3, 0.4) is 0 Å². The number of carbonyl (C=O) groups is 3. The van der Waals surface area contributed by atoms with Crippen LogP contribution in [0.2, 0.25) is 0 Å². The van der Waals surface area contributed by atoms with Gasteiger partial charge in [-0.25, -0.2) is 0 Å². The van der Waals surface area contributed by atoms with Crippen molar-refractivity contribution in [3.63, 3.8) is 0 Å². The molecule has 0 atom stereocenters. The maximum Gasteiger partial charge on any atom is 0.325 e. The Morgan fingerprint density at radius 2 is 1.91 bits per heavy atom. The number of carbonyl (C=O) groups excluding carboxylic acids is 3. The summed E-state index contributed by atoms with van der Waals surface area (Å²) in [5.74, 6) is -1.28. The van der Waals surface area contributed by atoms with Crippen LogP contribution >= 0.6 is 0 Å². The standard InChI is InChI=1S/C16H22N2O5/c1-4-14(5-2)23-15(20)9-18-16(21)12-6-7-13(17-8-12)10-22-11(3)19/h6-8,14H,4-5,9-10H2,1-3H3,(H,18,21). The summed E-state index contributed by atoms with van der Waals surface area (Å²) in [7, 11) is 0. The first kappa shape index (κ1) is 18.6. The molecule has 0 aliphatic rings. The quantitative estimate of drug-likeness (QED) is 0.731. The summed E-state index contributed by atoms with van der Waals surface area (Å²) in [4.78, 5) is 38.2. The van der Waals surface area contributed by atoms with Gasteiger partial charge in [0.05, 0.1) is 11.3 Å². The number of pyridine rings is 1. The Morgan fingerprint density at radius 3 is 2.43 bits per heavy atom. The van der Waals surface area contributed by atoms with Crippen LogP contribution in [0.4, 0.5) is 0 Å². The first-order valence-corrected chi connectivity index (χ1v) is 7.52. The van der Waals surface area contributed by atoms with Crippen molar-refractivity contribution >= 4 is 17.8 Å². The highest BCUT2D eigenvalue weighted by molar-refractivity contribution is 5.95. The summed E-state index contributed by atoms with van der Waals surface area (Å²) in [5, 5.41) is 2.48. The van der Waals surface area contributed by atoms with Crippen LogP contribution in [0.1, 0.15) is 49.7 Å². The Morgan fingerprint density at radius 1 is 1.22 bits per heavy atom. The van der Waals surface area contributed by atoms with Crippen LogP contribution in [-0.2, 0) is 25.7 Å². The molecule has 0 unspecified atom stereocenters. The van der Waals surface area contributed by atoms with E-state index in [-0.39, 0.29) is 19.3 Å². The highest BCUT2D eigenvalue weighted by Gasteiger charge is 2.13. The van der Waals surface area contributed by atoms with Crippen LogP contribution in [0.25, 0.3) is 0 Å². The molecule has 23 heavy (non-hydrogen) atoms. The lowest BCUT2D eigenvalue weighted by molar-refractivity contribution is -0.148. The molecule has 1 rings (SSSR count). The summed E-state index contributed by atoms with van der Waals surface area (Å²) in [6.45, 7) is 5.04. The lowest BCUT2D eigenvalue weighted by Gasteiger charge is -2.14. The van der Waals surface area contributed by atoms with Crippen LogP contribution in [0.15, 0.2) is 18.3 Å². The molecule has 0 spiro atoms. The molecule has 0 radical (unpaired) electrons. The van der Waals surface area contributed by atoms with Gasteiger partial charge in [0.25, 0.3) is 5.91 Å². The molecule has 1 aromatic rings. The number of rotatable bonds is 8. The van der Waals surface area contributed by atoms with Gasteiger partial charge >= 0.3 is 11.9 Å². The molecule has 1 aromatic heterocycles. The SMILES string of the molecule is CCC(CC)OC(=O)CNC(=O)c1ccc(COC(C)=O)nc1. The highest BCUT2D eigenvalue weighted by atomic mass is 16.5. The van der Waals surface area contributed by atoms with Crippen LogP contribution < -0.4 is 5.32 Å². The minimum absolute atomic E-state index is 0.0545. The number of nitrogens with zero attached hydrogens (tertiary/aromatic N) is 1. The molecule has 1 N–H and O–H groups in total. The molecule has 0 saturated carbocycles. The molecule has 7 heteroatoms. The molecule has 0 aliphatic carbocycles. The van der Waals surface area contributed by atoms with Crippen LogP contribution in [0, 0.1) is 0 Å². The number of nitrogens with one attached hydrogen (secondary N) is 1. The Bertz CT molecular complexity index is 538. The fourth-order valence-corrected chi connectivity index (χ4v) is 1.76. The Balaban J connectivity index is 2.45. The van der Waals surface area contributed by atoms with Crippen molar-refractivity contribution in [2.75, 3.05) is 6.54 Å². The molecule has 0 saturated heterocycles. The van der Waals surface area contributed by atoms with E-state index >= 15 is 0 Å². The molecule has 1 amide bonds. The third kappa shape index (κ3) is 6.90.